The van der Waals surface area contributed by atoms with E-state index in [1.807, 2.05) is 0 Å². The van der Waals surface area contributed by atoms with Gasteiger partial charge in [0.2, 0.25) is 5.91 Å². The van der Waals surface area contributed by atoms with E-state index in [1.54, 1.807) is 0 Å². The van der Waals surface area contributed by atoms with Gasteiger partial charge in [-0.2, -0.15) is 0 Å². The van der Waals surface area contributed by atoms with Crippen LogP contribution in [0.4, 0.5) is 0 Å². The first-order valence-electron chi connectivity index (χ1n) is 5.10. The number of halogens is 1. The van der Waals surface area contributed by atoms with Crippen molar-refractivity contribution in [3.05, 3.63) is 0 Å². The summed E-state index contributed by atoms with van der Waals surface area (Å²) >= 11 is 3.41. The van der Waals surface area contributed by atoms with Gasteiger partial charge >= 0.3 is 0 Å². The van der Waals surface area contributed by atoms with Crippen LogP contribution in [0, 0.1) is 11.8 Å². The fourth-order valence-electron chi connectivity index (χ4n) is 1.83. The highest BCUT2D eigenvalue weighted by Gasteiger charge is 2.44. The van der Waals surface area contributed by atoms with Gasteiger partial charge in [0.25, 0.3) is 0 Å². The molecular weight excluding hydrogens is 230 g/mol. The van der Waals surface area contributed by atoms with Crippen LogP contribution in [0.3, 0.4) is 0 Å². The first-order valence-corrected chi connectivity index (χ1v) is 6.22. The zero-order chi connectivity index (χ0) is 9.42. The van der Waals surface area contributed by atoms with E-state index in [0.29, 0.717) is 23.8 Å². The van der Waals surface area contributed by atoms with Crippen molar-refractivity contribution in [2.75, 3.05) is 11.9 Å². The molecule has 74 valence electrons. The third-order valence-corrected chi connectivity index (χ3v) is 3.38. The molecule has 3 heteroatoms. The minimum absolute atomic E-state index is 0.361. The quantitative estimate of drug-likeness (QED) is 0.695. The molecule has 2 unspecified atom stereocenters. The largest absolute Gasteiger partial charge is 0.339 e. The molecule has 2 aliphatic rings. The van der Waals surface area contributed by atoms with Crippen molar-refractivity contribution in [3.8, 4) is 0 Å². The summed E-state index contributed by atoms with van der Waals surface area (Å²) in [6.07, 6.45) is 3.56. The number of nitrogens with zero attached hydrogens (tertiary/aromatic N) is 1. The van der Waals surface area contributed by atoms with Crippen LogP contribution >= 0.6 is 15.9 Å². The van der Waals surface area contributed by atoms with Gasteiger partial charge in [0.1, 0.15) is 0 Å². The third kappa shape index (κ3) is 2.06. The molecular formula is C10H16BrNO. The van der Waals surface area contributed by atoms with Crippen LogP contribution in [0.5, 0.6) is 0 Å². The second-order valence-corrected chi connectivity index (χ2v) is 5.06. The lowest BCUT2D eigenvalue weighted by atomic mass is 10.3. The minimum atomic E-state index is 0.361. The number of amides is 1. The first kappa shape index (κ1) is 9.50. The van der Waals surface area contributed by atoms with Gasteiger partial charge < -0.3 is 4.90 Å². The Balaban J connectivity index is 1.90. The molecule has 0 radical (unpaired) electrons. The molecule has 2 fully saturated rings. The zero-order valence-electron chi connectivity index (χ0n) is 8.00. The number of rotatable bonds is 4. The smallest absolute Gasteiger partial charge is 0.226 e. The lowest BCUT2D eigenvalue weighted by Gasteiger charge is -2.21. The van der Waals surface area contributed by atoms with Crippen LogP contribution in [0.25, 0.3) is 0 Å². The lowest BCUT2D eigenvalue weighted by molar-refractivity contribution is -0.133. The minimum Gasteiger partial charge on any atom is -0.339 e. The highest BCUT2D eigenvalue weighted by Crippen LogP contribution is 2.41. The molecule has 0 N–H and O–H groups in total. The van der Waals surface area contributed by atoms with Crippen LogP contribution in [0.2, 0.25) is 0 Å². The van der Waals surface area contributed by atoms with Crippen LogP contribution in [-0.4, -0.2) is 28.7 Å². The highest BCUT2D eigenvalue weighted by atomic mass is 79.9. The van der Waals surface area contributed by atoms with E-state index in [9.17, 15) is 4.79 Å². The number of hydrogen-bond donors (Lipinski definition) is 0. The first-order chi connectivity index (χ1) is 6.24. The molecule has 13 heavy (non-hydrogen) atoms. The van der Waals surface area contributed by atoms with Gasteiger partial charge in [-0.15, -0.1) is 0 Å². The number of hydrogen-bond acceptors (Lipinski definition) is 1. The Bertz CT molecular complexity index is 215. The maximum Gasteiger partial charge on any atom is 0.226 e. The Morgan fingerprint density at radius 2 is 2.15 bits per heavy atom. The predicted octanol–water partition coefficient (Wildman–Crippen LogP) is 2.03. The van der Waals surface area contributed by atoms with Gasteiger partial charge in [-0.05, 0) is 25.2 Å². The molecule has 0 heterocycles. The van der Waals surface area contributed by atoms with Crippen molar-refractivity contribution in [3.63, 3.8) is 0 Å². The monoisotopic (exact) mass is 245 g/mol. The molecule has 0 bridgehead atoms. The molecule has 2 saturated carbocycles. The van der Waals surface area contributed by atoms with Gasteiger partial charge in [0.15, 0.2) is 0 Å². The summed E-state index contributed by atoms with van der Waals surface area (Å²) in [5, 5.41) is 0.913. The molecule has 2 atom stereocenters. The summed E-state index contributed by atoms with van der Waals surface area (Å²) in [4.78, 5) is 14.0. The Morgan fingerprint density at radius 1 is 1.54 bits per heavy atom. The molecule has 0 saturated heterocycles. The van der Waals surface area contributed by atoms with Gasteiger partial charge in [-0.1, -0.05) is 22.9 Å². The van der Waals surface area contributed by atoms with Crippen LogP contribution < -0.4 is 0 Å². The third-order valence-electron chi connectivity index (χ3n) is 3.02. The average Bonchev–Trinajstić information content (AvgIpc) is 2.93. The van der Waals surface area contributed by atoms with Crippen LogP contribution in [-0.2, 0) is 4.79 Å². The van der Waals surface area contributed by atoms with Crippen molar-refractivity contribution in [2.24, 2.45) is 11.8 Å². The van der Waals surface area contributed by atoms with Crippen molar-refractivity contribution in [2.45, 2.75) is 32.2 Å². The second kappa shape index (κ2) is 3.60. The molecule has 0 aliphatic heterocycles. The summed E-state index contributed by atoms with van der Waals surface area (Å²) in [5.41, 5.74) is 0. The maximum atomic E-state index is 11.9. The molecule has 2 rings (SSSR count). The van der Waals surface area contributed by atoms with E-state index >= 15 is 0 Å². The molecule has 0 aromatic carbocycles. The predicted molar refractivity (Wildman–Crippen MR) is 55.8 cm³/mol. The van der Waals surface area contributed by atoms with Crippen molar-refractivity contribution in [1.29, 1.82) is 0 Å². The Kier molecular flexibility index (Phi) is 2.63. The van der Waals surface area contributed by atoms with Crippen molar-refractivity contribution in [1.82, 2.24) is 4.90 Å². The Hall–Kier alpha value is -0.0500. The molecule has 0 aromatic rings. The average molecular weight is 246 g/mol. The van der Waals surface area contributed by atoms with E-state index < -0.39 is 0 Å². The van der Waals surface area contributed by atoms with Crippen molar-refractivity contribution >= 4 is 21.8 Å². The zero-order valence-corrected chi connectivity index (χ0v) is 9.59. The van der Waals surface area contributed by atoms with E-state index in [4.69, 9.17) is 0 Å². The van der Waals surface area contributed by atoms with E-state index in [2.05, 4.69) is 27.8 Å². The lowest BCUT2D eigenvalue weighted by Crippen LogP contribution is -2.36. The van der Waals surface area contributed by atoms with Gasteiger partial charge in [0, 0.05) is 23.8 Å². The van der Waals surface area contributed by atoms with E-state index in [0.717, 1.165) is 18.3 Å². The SMILES string of the molecule is CC1CC1C(=O)N(CCBr)C1CC1. The number of carbonyl (C=O) groups is 1. The molecule has 0 spiro atoms. The summed E-state index contributed by atoms with van der Waals surface area (Å²) in [6, 6.07) is 0.581. The molecule has 2 aliphatic carbocycles. The van der Waals surface area contributed by atoms with Crippen LogP contribution in [0.15, 0.2) is 0 Å². The normalized spacial score (nSPS) is 31.5. The highest BCUT2D eigenvalue weighted by molar-refractivity contribution is 9.09. The number of alkyl halides is 1. The van der Waals surface area contributed by atoms with E-state index in [-0.39, 0.29) is 0 Å². The van der Waals surface area contributed by atoms with E-state index in [1.165, 1.54) is 12.8 Å². The maximum absolute atomic E-state index is 11.9. The fraction of sp³-hybridized carbons (Fsp3) is 0.900. The van der Waals surface area contributed by atoms with Gasteiger partial charge in [0.05, 0.1) is 0 Å². The molecule has 1 amide bonds. The van der Waals surface area contributed by atoms with Crippen LogP contribution in [0.1, 0.15) is 26.2 Å². The summed E-state index contributed by atoms with van der Waals surface area (Å²) < 4.78 is 0. The molecule has 2 nitrogen and oxygen atoms in total. The topological polar surface area (TPSA) is 20.3 Å². The van der Waals surface area contributed by atoms with Gasteiger partial charge in [-0.3, -0.25) is 4.79 Å². The fourth-order valence-corrected chi connectivity index (χ4v) is 2.21. The summed E-state index contributed by atoms with van der Waals surface area (Å²) in [6.45, 7) is 3.06. The summed E-state index contributed by atoms with van der Waals surface area (Å²) in [7, 11) is 0. The summed E-state index contributed by atoms with van der Waals surface area (Å²) in [5.74, 6) is 1.41. The standard InChI is InChI=1S/C10H16BrNO/c1-7-6-9(7)10(13)12(5-4-11)8-2-3-8/h7-9H,2-6H2,1H3. The Labute approximate surface area is 87.8 Å². The number of carbonyl (C=O) groups excluding carboxylic acids is 1. The van der Waals surface area contributed by atoms with Gasteiger partial charge in [-0.25, -0.2) is 0 Å². The molecule has 0 aromatic heterocycles. The van der Waals surface area contributed by atoms with Crippen molar-refractivity contribution < 1.29 is 4.79 Å². The second-order valence-electron chi connectivity index (χ2n) is 4.27. The Morgan fingerprint density at radius 3 is 2.54 bits per heavy atom.